The summed E-state index contributed by atoms with van der Waals surface area (Å²) in [7, 11) is -2.51. The Balaban J connectivity index is 1.82. The Morgan fingerprint density at radius 2 is 1.73 bits per heavy atom. The molecule has 1 atom stereocenters. The summed E-state index contributed by atoms with van der Waals surface area (Å²) in [6, 6.07) is 12.4. The lowest BCUT2D eigenvalue weighted by molar-refractivity contribution is -0.138. The van der Waals surface area contributed by atoms with E-state index in [1.165, 1.54) is 32.2 Å². The molecule has 30 heavy (non-hydrogen) atoms. The number of likely N-dealkylation sites (tertiary alicyclic amines) is 1. The molecule has 3 rings (SSSR count). The summed E-state index contributed by atoms with van der Waals surface area (Å²) in [6.45, 7) is 2.78. The van der Waals surface area contributed by atoms with Gasteiger partial charge in [-0.15, -0.1) is 0 Å². The molecule has 1 saturated heterocycles. The van der Waals surface area contributed by atoms with Crippen LogP contribution in [0.5, 0.6) is 0 Å². The van der Waals surface area contributed by atoms with Crippen LogP contribution in [0.2, 0.25) is 5.02 Å². The van der Waals surface area contributed by atoms with E-state index in [0.29, 0.717) is 18.8 Å². The number of carbonyl (C=O) groups excluding carboxylic acids is 2. The summed E-state index contributed by atoms with van der Waals surface area (Å²) in [4.78, 5) is 26.6. The second-order valence-electron chi connectivity index (χ2n) is 7.03. The number of carbonyl (C=O) groups is 2. The van der Waals surface area contributed by atoms with E-state index in [2.05, 4.69) is 0 Å². The maximum Gasteiger partial charge on any atom is 0.340 e. The molecule has 0 bridgehead atoms. The van der Waals surface area contributed by atoms with Crippen molar-refractivity contribution < 1.29 is 22.7 Å². The van der Waals surface area contributed by atoms with Crippen LogP contribution in [0.25, 0.3) is 0 Å². The summed E-state index contributed by atoms with van der Waals surface area (Å²) in [5.41, 5.74) is 0.363. The molecule has 1 fully saturated rings. The first-order valence-corrected chi connectivity index (χ1v) is 11.4. The highest BCUT2D eigenvalue weighted by Gasteiger charge is 2.28. The summed E-state index contributed by atoms with van der Waals surface area (Å²) < 4.78 is 32.4. The molecule has 9 heteroatoms. The number of hydrogen-bond acceptors (Lipinski definition) is 5. The van der Waals surface area contributed by atoms with E-state index in [1.54, 1.807) is 35.2 Å². The number of nitrogens with zero attached hydrogens (tertiary/aromatic N) is 2. The van der Waals surface area contributed by atoms with Crippen molar-refractivity contribution in [1.29, 1.82) is 0 Å². The summed E-state index contributed by atoms with van der Waals surface area (Å²) >= 11 is 6.12. The van der Waals surface area contributed by atoms with Crippen LogP contribution in [-0.2, 0) is 19.6 Å². The molecular weight excluding hydrogens is 428 g/mol. The fourth-order valence-corrected chi connectivity index (χ4v) is 4.64. The van der Waals surface area contributed by atoms with Crippen molar-refractivity contribution in [3.8, 4) is 0 Å². The molecule has 0 N–H and O–H groups in total. The van der Waals surface area contributed by atoms with Crippen LogP contribution in [0.4, 0.5) is 5.69 Å². The van der Waals surface area contributed by atoms with Gasteiger partial charge in [0.2, 0.25) is 0 Å². The smallest absolute Gasteiger partial charge is 0.340 e. The number of anilines is 1. The van der Waals surface area contributed by atoms with Crippen LogP contribution in [0.1, 0.15) is 30.1 Å². The number of para-hydroxylation sites is 1. The van der Waals surface area contributed by atoms with E-state index >= 15 is 0 Å². The SMILES string of the molecule is CC(OC(=O)c1cc(S(=O)(=O)N(C)c2ccccc2)ccc1Cl)C(=O)N1CCCC1. The minimum Gasteiger partial charge on any atom is -0.449 e. The van der Waals surface area contributed by atoms with Crippen LogP contribution < -0.4 is 4.31 Å². The van der Waals surface area contributed by atoms with E-state index < -0.39 is 22.1 Å². The van der Waals surface area contributed by atoms with E-state index in [1.807, 2.05) is 0 Å². The second kappa shape index (κ2) is 9.06. The van der Waals surface area contributed by atoms with Gasteiger partial charge in [0.05, 0.1) is 21.2 Å². The first kappa shape index (κ1) is 22.1. The van der Waals surface area contributed by atoms with Crippen molar-refractivity contribution in [2.24, 2.45) is 0 Å². The van der Waals surface area contributed by atoms with E-state index in [9.17, 15) is 18.0 Å². The third kappa shape index (κ3) is 4.60. The summed E-state index contributed by atoms with van der Waals surface area (Å²) in [6.07, 6.45) is 0.860. The molecule has 7 nitrogen and oxygen atoms in total. The van der Waals surface area contributed by atoms with Crippen molar-refractivity contribution in [1.82, 2.24) is 4.90 Å². The molecule has 1 amide bonds. The van der Waals surface area contributed by atoms with E-state index in [4.69, 9.17) is 16.3 Å². The second-order valence-corrected chi connectivity index (χ2v) is 9.41. The number of halogens is 1. The van der Waals surface area contributed by atoms with Gasteiger partial charge in [-0.3, -0.25) is 9.10 Å². The Morgan fingerprint density at radius 1 is 1.10 bits per heavy atom. The topological polar surface area (TPSA) is 84.0 Å². The molecule has 0 saturated carbocycles. The molecule has 2 aromatic rings. The molecule has 1 heterocycles. The molecule has 0 radical (unpaired) electrons. The Kier molecular flexibility index (Phi) is 6.67. The minimum absolute atomic E-state index is 0.0436. The highest BCUT2D eigenvalue weighted by molar-refractivity contribution is 7.92. The molecule has 160 valence electrons. The molecule has 0 aromatic heterocycles. The van der Waals surface area contributed by atoms with Crippen LogP contribution in [0, 0.1) is 0 Å². The number of sulfonamides is 1. The summed E-state index contributed by atoms with van der Waals surface area (Å²) in [5, 5.41) is 0.0436. The van der Waals surface area contributed by atoms with Gasteiger partial charge in [-0.25, -0.2) is 13.2 Å². The highest BCUT2D eigenvalue weighted by Crippen LogP contribution is 2.26. The van der Waals surface area contributed by atoms with Gasteiger partial charge < -0.3 is 9.64 Å². The van der Waals surface area contributed by atoms with Crippen LogP contribution in [0.3, 0.4) is 0 Å². The van der Waals surface area contributed by atoms with Gasteiger partial charge >= 0.3 is 5.97 Å². The normalized spacial score (nSPS) is 15.0. The molecular formula is C21H23ClN2O5S. The molecule has 2 aromatic carbocycles. The Bertz CT molecular complexity index is 1040. The lowest BCUT2D eigenvalue weighted by Gasteiger charge is -2.21. The van der Waals surface area contributed by atoms with Crippen LogP contribution >= 0.6 is 11.6 Å². The summed E-state index contributed by atoms with van der Waals surface area (Å²) in [5.74, 6) is -1.12. The van der Waals surface area contributed by atoms with Crippen LogP contribution in [-0.4, -0.2) is 51.4 Å². The van der Waals surface area contributed by atoms with Crippen molar-refractivity contribution in [2.75, 3.05) is 24.4 Å². The fourth-order valence-electron chi connectivity index (χ4n) is 3.23. The van der Waals surface area contributed by atoms with Gasteiger partial charge in [0.1, 0.15) is 0 Å². The van der Waals surface area contributed by atoms with Crippen molar-refractivity contribution in [3.63, 3.8) is 0 Å². The van der Waals surface area contributed by atoms with Gasteiger partial charge in [0.25, 0.3) is 15.9 Å². The zero-order chi connectivity index (χ0) is 21.9. The lowest BCUT2D eigenvalue weighted by Crippen LogP contribution is -2.38. The largest absolute Gasteiger partial charge is 0.449 e. The molecule has 0 spiro atoms. The van der Waals surface area contributed by atoms with E-state index in [-0.39, 0.29) is 21.4 Å². The minimum atomic E-state index is -3.93. The number of amides is 1. The monoisotopic (exact) mass is 450 g/mol. The predicted molar refractivity (Wildman–Crippen MR) is 114 cm³/mol. The van der Waals surface area contributed by atoms with Gasteiger partial charge in [-0.1, -0.05) is 29.8 Å². The number of ether oxygens (including phenoxy) is 1. The molecule has 0 aliphatic carbocycles. The van der Waals surface area contributed by atoms with E-state index in [0.717, 1.165) is 17.1 Å². The highest BCUT2D eigenvalue weighted by atomic mass is 35.5. The predicted octanol–water partition coefficient (Wildman–Crippen LogP) is 3.33. The zero-order valence-corrected chi connectivity index (χ0v) is 18.3. The number of rotatable bonds is 6. The molecule has 1 aliphatic heterocycles. The number of benzene rings is 2. The third-order valence-corrected chi connectivity index (χ3v) is 7.10. The first-order valence-electron chi connectivity index (χ1n) is 9.55. The molecule has 1 aliphatic rings. The van der Waals surface area contributed by atoms with Crippen molar-refractivity contribution in [2.45, 2.75) is 30.8 Å². The Morgan fingerprint density at radius 3 is 2.37 bits per heavy atom. The lowest BCUT2D eigenvalue weighted by atomic mass is 10.2. The van der Waals surface area contributed by atoms with Gasteiger partial charge in [-0.2, -0.15) is 0 Å². The maximum absolute atomic E-state index is 13.0. The third-order valence-electron chi connectivity index (χ3n) is 4.99. The fraction of sp³-hybridized carbons (Fsp3) is 0.333. The molecule has 1 unspecified atom stereocenters. The first-order chi connectivity index (χ1) is 14.2. The van der Waals surface area contributed by atoms with Crippen molar-refractivity contribution in [3.05, 3.63) is 59.1 Å². The average molecular weight is 451 g/mol. The maximum atomic E-state index is 13.0. The zero-order valence-electron chi connectivity index (χ0n) is 16.7. The van der Waals surface area contributed by atoms with Crippen molar-refractivity contribution >= 4 is 39.2 Å². The standard InChI is InChI=1S/C21H23ClN2O5S/c1-15(20(25)24-12-6-7-13-24)29-21(26)18-14-17(10-11-19(18)22)30(27,28)23(2)16-8-4-3-5-9-16/h3-5,8-11,14-15H,6-7,12-13H2,1-2H3. The van der Waals surface area contributed by atoms with Gasteiger partial charge in [-0.05, 0) is 50.1 Å². The van der Waals surface area contributed by atoms with Crippen LogP contribution in [0.15, 0.2) is 53.4 Å². The Labute approximate surface area is 181 Å². The Hall–Kier alpha value is -2.58. The van der Waals surface area contributed by atoms with Gasteiger partial charge in [0.15, 0.2) is 6.10 Å². The average Bonchev–Trinajstić information content (AvgIpc) is 3.28. The number of hydrogen-bond donors (Lipinski definition) is 0. The quantitative estimate of drug-likeness (QED) is 0.630. The van der Waals surface area contributed by atoms with Gasteiger partial charge in [0, 0.05) is 20.1 Å². The number of esters is 1.